The van der Waals surface area contributed by atoms with Gasteiger partial charge < -0.3 is 0 Å². The number of halogens is 4. The maximum absolute atomic E-state index is 6.16. The van der Waals surface area contributed by atoms with Crippen molar-refractivity contribution in [3.05, 3.63) is 44.1 Å². The van der Waals surface area contributed by atoms with Crippen molar-refractivity contribution in [1.29, 1.82) is 0 Å². The summed E-state index contributed by atoms with van der Waals surface area (Å²) in [5, 5.41) is 1.55. The van der Waals surface area contributed by atoms with Gasteiger partial charge in [0, 0.05) is 5.56 Å². The molecule has 0 bridgehead atoms. The molecule has 1 aromatic heterocycles. The zero-order valence-electron chi connectivity index (χ0n) is 10.2. The normalized spacial score (nSPS) is 11.1. The first-order valence-electron chi connectivity index (χ1n) is 5.59. The van der Waals surface area contributed by atoms with Crippen molar-refractivity contribution in [1.82, 2.24) is 9.97 Å². The molecule has 0 fully saturated rings. The number of benzene rings is 1. The van der Waals surface area contributed by atoms with Crippen LogP contribution in [0.4, 0.5) is 0 Å². The van der Waals surface area contributed by atoms with Gasteiger partial charge in [-0.05, 0) is 18.1 Å². The van der Waals surface area contributed by atoms with Crippen LogP contribution in [0.2, 0.25) is 20.4 Å². The fraction of sp³-hybridized carbons (Fsp3) is 0.231. The smallest absolute Gasteiger partial charge is 0.165 e. The second-order valence-corrected chi connectivity index (χ2v) is 5.82. The van der Waals surface area contributed by atoms with Crippen LogP contribution in [0.15, 0.2) is 18.2 Å². The lowest BCUT2D eigenvalue weighted by atomic mass is 10.1. The second kappa shape index (κ2) is 5.84. The number of nitrogens with zero attached hydrogens (tertiary/aromatic N) is 2. The third-order valence-electron chi connectivity index (χ3n) is 2.62. The number of rotatable bonds is 2. The Bertz CT molecular complexity index is 583. The van der Waals surface area contributed by atoms with E-state index in [0.29, 0.717) is 31.7 Å². The SMILES string of the molecule is CC(C)c1c(Cl)nc(-c2c(Cl)cccc2Cl)nc1Cl. The Hall–Kier alpha value is -0.540. The molecule has 0 N–H and O–H groups in total. The molecule has 2 aromatic rings. The second-order valence-electron chi connectivity index (χ2n) is 4.29. The highest BCUT2D eigenvalue weighted by Gasteiger charge is 2.18. The summed E-state index contributed by atoms with van der Waals surface area (Å²) in [6.45, 7) is 3.94. The van der Waals surface area contributed by atoms with E-state index < -0.39 is 0 Å². The molecular formula is C13H10Cl4N2. The highest BCUT2D eigenvalue weighted by molar-refractivity contribution is 6.39. The molecule has 1 heterocycles. The highest BCUT2D eigenvalue weighted by Crippen LogP contribution is 2.36. The van der Waals surface area contributed by atoms with Gasteiger partial charge in [0.05, 0.1) is 15.6 Å². The highest BCUT2D eigenvalue weighted by atomic mass is 35.5. The Morgan fingerprint density at radius 3 is 1.79 bits per heavy atom. The summed E-state index contributed by atoms with van der Waals surface area (Å²) in [5.74, 6) is 0.464. The summed E-state index contributed by atoms with van der Waals surface area (Å²) in [6.07, 6.45) is 0. The molecule has 19 heavy (non-hydrogen) atoms. The molecular weight excluding hydrogens is 326 g/mol. The first-order chi connectivity index (χ1) is 8.91. The topological polar surface area (TPSA) is 25.8 Å². The zero-order valence-corrected chi connectivity index (χ0v) is 13.2. The summed E-state index contributed by atoms with van der Waals surface area (Å²) in [7, 11) is 0. The molecule has 2 nitrogen and oxygen atoms in total. The van der Waals surface area contributed by atoms with E-state index in [9.17, 15) is 0 Å². The van der Waals surface area contributed by atoms with Crippen molar-refractivity contribution < 1.29 is 0 Å². The van der Waals surface area contributed by atoms with Crippen LogP contribution in [0, 0.1) is 0 Å². The third kappa shape index (κ3) is 2.97. The lowest BCUT2D eigenvalue weighted by Gasteiger charge is -2.12. The first-order valence-corrected chi connectivity index (χ1v) is 7.10. The van der Waals surface area contributed by atoms with Gasteiger partial charge in [-0.3, -0.25) is 0 Å². The maximum Gasteiger partial charge on any atom is 0.165 e. The number of aromatic nitrogens is 2. The van der Waals surface area contributed by atoms with Gasteiger partial charge >= 0.3 is 0 Å². The van der Waals surface area contributed by atoms with Gasteiger partial charge in [0.1, 0.15) is 10.3 Å². The molecule has 1 aromatic carbocycles. The largest absolute Gasteiger partial charge is 0.216 e. The lowest BCUT2D eigenvalue weighted by molar-refractivity contribution is 0.848. The Morgan fingerprint density at radius 2 is 1.37 bits per heavy atom. The summed E-state index contributed by atoms with van der Waals surface area (Å²) >= 11 is 24.6. The molecule has 0 aliphatic carbocycles. The van der Waals surface area contributed by atoms with Crippen molar-refractivity contribution in [3.63, 3.8) is 0 Å². The molecule has 6 heteroatoms. The molecule has 0 radical (unpaired) electrons. The van der Waals surface area contributed by atoms with Crippen LogP contribution in [0.25, 0.3) is 11.4 Å². The molecule has 0 saturated carbocycles. The van der Waals surface area contributed by atoms with E-state index in [1.165, 1.54) is 0 Å². The first kappa shape index (κ1) is 14.9. The Labute approximate surface area is 131 Å². The molecule has 0 aliphatic heterocycles. The molecule has 100 valence electrons. The minimum Gasteiger partial charge on any atom is -0.216 e. The molecule has 0 amide bonds. The van der Waals surface area contributed by atoms with Crippen LogP contribution < -0.4 is 0 Å². The zero-order chi connectivity index (χ0) is 14.2. The summed E-state index contributed by atoms with van der Waals surface area (Å²) < 4.78 is 0. The quantitative estimate of drug-likeness (QED) is 0.640. The lowest BCUT2D eigenvalue weighted by Crippen LogP contribution is -2.00. The molecule has 0 saturated heterocycles. The predicted octanol–water partition coefficient (Wildman–Crippen LogP) is 5.88. The summed E-state index contributed by atoms with van der Waals surface area (Å²) in [6, 6.07) is 5.18. The van der Waals surface area contributed by atoms with E-state index in [1.807, 2.05) is 13.8 Å². The van der Waals surface area contributed by atoms with Gasteiger partial charge in [-0.1, -0.05) is 66.3 Å². The van der Waals surface area contributed by atoms with Crippen LogP contribution >= 0.6 is 46.4 Å². The Kier molecular flexibility index (Phi) is 4.57. The predicted molar refractivity (Wildman–Crippen MR) is 81.6 cm³/mol. The number of hydrogen-bond acceptors (Lipinski definition) is 2. The number of hydrogen-bond donors (Lipinski definition) is 0. The molecule has 2 rings (SSSR count). The minimum atomic E-state index is 0.135. The molecule has 0 unspecified atom stereocenters. The van der Waals surface area contributed by atoms with Crippen molar-refractivity contribution in [2.75, 3.05) is 0 Å². The van der Waals surface area contributed by atoms with Crippen molar-refractivity contribution in [2.45, 2.75) is 19.8 Å². The average molecular weight is 336 g/mol. The van der Waals surface area contributed by atoms with Gasteiger partial charge in [0.15, 0.2) is 5.82 Å². The van der Waals surface area contributed by atoms with Crippen LogP contribution in [-0.4, -0.2) is 9.97 Å². The van der Waals surface area contributed by atoms with Crippen LogP contribution in [0.1, 0.15) is 25.3 Å². The van der Waals surface area contributed by atoms with E-state index in [4.69, 9.17) is 46.4 Å². The fourth-order valence-corrected chi connectivity index (χ4v) is 3.11. The van der Waals surface area contributed by atoms with Gasteiger partial charge in [-0.2, -0.15) is 0 Å². The Balaban J connectivity index is 2.66. The van der Waals surface area contributed by atoms with E-state index in [0.717, 1.165) is 5.56 Å². The van der Waals surface area contributed by atoms with Crippen LogP contribution in [0.5, 0.6) is 0 Å². The third-order valence-corrected chi connectivity index (χ3v) is 3.82. The van der Waals surface area contributed by atoms with E-state index in [1.54, 1.807) is 18.2 Å². The van der Waals surface area contributed by atoms with E-state index >= 15 is 0 Å². The monoisotopic (exact) mass is 334 g/mol. The summed E-state index contributed by atoms with van der Waals surface area (Å²) in [5.41, 5.74) is 1.25. The van der Waals surface area contributed by atoms with Crippen molar-refractivity contribution in [2.24, 2.45) is 0 Å². The van der Waals surface area contributed by atoms with Gasteiger partial charge in [0.25, 0.3) is 0 Å². The minimum absolute atomic E-state index is 0.135. The summed E-state index contributed by atoms with van der Waals surface area (Å²) in [4.78, 5) is 8.50. The van der Waals surface area contributed by atoms with Crippen molar-refractivity contribution >= 4 is 46.4 Å². The molecule has 0 atom stereocenters. The van der Waals surface area contributed by atoms with Crippen LogP contribution in [-0.2, 0) is 0 Å². The Morgan fingerprint density at radius 1 is 0.895 bits per heavy atom. The fourth-order valence-electron chi connectivity index (χ4n) is 1.72. The van der Waals surface area contributed by atoms with Gasteiger partial charge in [0.2, 0.25) is 0 Å². The van der Waals surface area contributed by atoms with Gasteiger partial charge in [-0.25, -0.2) is 9.97 Å². The van der Waals surface area contributed by atoms with Crippen molar-refractivity contribution in [3.8, 4) is 11.4 Å². The van der Waals surface area contributed by atoms with E-state index in [-0.39, 0.29) is 5.92 Å². The molecule has 0 spiro atoms. The maximum atomic E-state index is 6.16. The van der Waals surface area contributed by atoms with Gasteiger partial charge in [-0.15, -0.1) is 0 Å². The average Bonchev–Trinajstić information content (AvgIpc) is 2.26. The van der Waals surface area contributed by atoms with E-state index in [2.05, 4.69) is 9.97 Å². The van der Waals surface area contributed by atoms with Crippen LogP contribution in [0.3, 0.4) is 0 Å². The standard InChI is InChI=1S/C13H10Cl4N2/c1-6(2)9-11(16)18-13(19-12(9)17)10-7(14)4-3-5-8(10)15/h3-6H,1-2H3. The molecule has 0 aliphatic rings.